The number of rotatable bonds is 1. The van der Waals surface area contributed by atoms with Gasteiger partial charge < -0.3 is 9.88 Å². The van der Waals surface area contributed by atoms with Gasteiger partial charge in [-0.2, -0.15) is 0 Å². The monoisotopic (exact) mass is 229 g/mol. The van der Waals surface area contributed by atoms with Crippen LogP contribution >= 0.6 is 0 Å². The zero-order valence-corrected chi connectivity index (χ0v) is 10.3. The summed E-state index contributed by atoms with van der Waals surface area (Å²) >= 11 is 0. The molecule has 0 amide bonds. The second-order valence-corrected chi connectivity index (χ2v) is 4.97. The van der Waals surface area contributed by atoms with Gasteiger partial charge in [0.15, 0.2) is 0 Å². The van der Waals surface area contributed by atoms with Gasteiger partial charge in [0, 0.05) is 37.9 Å². The molecule has 0 saturated heterocycles. The van der Waals surface area contributed by atoms with Crippen molar-refractivity contribution in [1.29, 1.82) is 0 Å². The number of hydrogen-bond acceptors (Lipinski definition) is 2. The van der Waals surface area contributed by atoms with Gasteiger partial charge in [0.1, 0.15) is 5.65 Å². The molecule has 1 N–H and O–H groups in total. The molecule has 2 aromatic rings. The molecule has 0 aromatic carbocycles. The van der Waals surface area contributed by atoms with E-state index in [2.05, 4.69) is 47.2 Å². The third kappa shape index (κ3) is 1.87. The summed E-state index contributed by atoms with van der Waals surface area (Å²) in [5.74, 6) is 0.616. The number of pyridine rings is 1. The highest BCUT2D eigenvalue weighted by molar-refractivity contribution is 5.91. The lowest BCUT2D eigenvalue weighted by molar-refractivity contribution is 0.330. The molecule has 0 unspecified atom stereocenters. The molecule has 3 heterocycles. The molecule has 3 rings (SSSR count). The Labute approximate surface area is 103 Å². The summed E-state index contributed by atoms with van der Waals surface area (Å²) < 4.78 is 0. The largest absolute Gasteiger partial charge is 0.346 e. The van der Waals surface area contributed by atoms with Crippen molar-refractivity contribution in [2.24, 2.45) is 5.92 Å². The van der Waals surface area contributed by atoms with Gasteiger partial charge in [-0.15, -0.1) is 0 Å². The van der Waals surface area contributed by atoms with Gasteiger partial charge in [-0.25, -0.2) is 4.98 Å². The van der Waals surface area contributed by atoms with Crippen LogP contribution in [0, 0.1) is 5.92 Å². The first-order valence-electron chi connectivity index (χ1n) is 6.06. The van der Waals surface area contributed by atoms with E-state index in [9.17, 15) is 0 Å². The molecule has 1 atom stereocenters. The number of fused-ring (bicyclic) bond motifs is 1. The van der Waals surface area contributed by atoms with Crippen molar-refractivity contribution in [2.45, 2.75) is 6.92 Å². The van der Waals surface area contributed by atoms with Crippen molar-refractivity contribution in [1.82, 2.24) is 14.9 Å². The van der Waals surface area contributed by atoms with E-state index >= 15 is 0 Å². The van der Waals surface area contributed by atoms with Crippen molar-refractivity contribution < 1.29 is 1.43 Å². The van der Waals surface area contributed by atoms with Crippen molar-refractivity contribution in [2.75, 3.05) is 20.1 Å². The number of nitrogens with zero attached hydrogens (tertiary/aromatic N) is 2. The van der Waals surface area contributed by atoms with E-state index in [4.69, 9.17) is 0 Å². The molecule has 0 fully saturated rings. The molecule has 2 aromatic heterocycles. The molecule has 1 aliphatic heterocycles. The van der Waals surface area contributed by atoms with E-state index in [0.717, 1.165) is 18.7 Å². The normalized spacial score (nSPS) is 21.8. The third-order valence-corrected chi connectivity index (χ3v) is 3.32. The Morgan fingerprint density at radius 2 is 2.41 bits per heavy atom. The molecule has 0 spiro atoms. The third-order valence-electron chi connectivity index (χ3n) is 3.32. The Morgan fingerprint density at radius 3 is 3.24 bits per heavy atom. The lowest BCUT2D eigenvalue weighted by Crippen LogP contribution is -2.29. The predicted molar refractivity (Wildman–Crippen MR) is 72.8 cm³/mol. The fourth-order valence-electron chi connectivity index (χ4n) is 2.69. The van der Waals surface area contributed by atoms with Crippen LogP contribution in [0.1, 0.15) is 13.9 Å². The van der Waals surface area contributed by atoms with E-state index < -0.39 is 0 Å². The first kappa shape index (κ1) is 10.5. The molecule has 0 aliphatic carbocycles. The average molecular weight is 229 g/mol. The second kappa shape index (κ2) is 4.00. The molecule has 0 saturated carbocycles. The molecule has 90 valence electrons. The van der Waals surface area contributed by atoms with E-state index in [1.54, 1.807) is 0 Å². The van der Waals surface area contributed by atoms with E-state index in [0.29, 0.717) is 5.92 Å². The molecular formula is C14H19N3. The minimum absolute atomic E-state index is 0. The molecule has 3 nitrogen and oxygen atoms in total. The van der Waals surface area contributed by atoms with Gasteiger partial charge in [0.25, 0.3) is 0 Å². The maximum absolute atomic E-state index is 4.34. The number of hydrogen-bond donors (Lipinski definition) is 1. The maximum Gasteiger partial charge on any atom is 0.137 e. The number of aromatic amines is 1. The topological polar surface area (TPSA) is 31.9 Å². The van der Waals surface area contributed by atoms with Gasteiger partial charge in [0.2, 0.25) is 0 Å². The van der Waals surface area contributed by atoms with Crippen LogP contribution in [0.4, 0.5) is 0 Å². The Kier molecular flexibility index (Phi) is 2.48. The quantitative estimate of drug-likeness (QED) is 0.815. The Morgan fingerprint density at radius 1 is 1.53 bits per heavy atom. The highest BCUT2D eigenvalue weighted by Gasteiger charge is 2.17. The van der Waals surface area contributed by atoms with Crippen LogP contribution in [-0.4, -0.2) is 35.0 Å². The number of aromatic nitrogens is 2. The molecule has 3 heteroatoms. The summed E-state index contributed by atoms with van der Waals surface area (Å²) in [7, 11) is 2.18. The zero-order valence-electron chi connectivity index (χ0n) is 10.3. The van der Waals surface area contributed by atoms with Crippen LogP contribution in [0.3, 0.4) is 0 Å². The number of nitrogens with one attached hydrogen (secondary N) is 1. The van der Waals surface area contributed by atoms with Gasteiger partial charge in [-0.05, 0) is 30.7 Å². The van der Waals surface area contributed by atoms with Gasteiger partial charge in [-0.3, -0.25) is 0 Å². The van der Waals surface area contributed by atoms with Gasteiger partial charge >= 0.3 is 0 Å². The van der Waals surface area contributed by atoms with Crippen LogP contribution in [-0.2, 0) is 0 Å². The van der Waals surface area contributed by atoms with Crippen molar-refractivity contribution in [3.63, 3.8) is 0 Å². The van der Waals surface area contributed by atoms with Gasteiger partial charge in [0.05, 0.1) is 0 Å². The van der Waals surface area contributed by atoms with Crippen LogP contribution in [0.5, 0.6) is 0 Å². The Balaban J connectivity index is 0.00000120. The number of H-pyrrole nitrogens is 1. The van der Waals surface area contributed by atoms with Crippen LogP contribution < -0.4 is 0 Å². The standard InChI is InChI=1S/C14H17N3.H2/c1-10-6-11(9-17(2)8-10)13-7-16-14-12(13)4-3-5-15-14;/h3-7,10H,8-9H2,1-2H3,(H,15,16);1H/t10-;/m1./s1. The lowest BCUT2D eigenvalue weighted by atomic mass is 9.96. The molecule has 0 radical (unpaired) electrons. The minimum atomic E-state index is 0. The molecule has 1 aliphatic rings. The summed E-state index contributed by atoms with van der Waals surface area (Å²) in [5, 5.41) is 1.22. The van der Waals surface area contributed by atoms with E-state index in [1.165, 1.54) is 16.5 Å². The highest BCUT2D eigenvalue weighted by atomic mass is 15.1. The highest BCUT2D eigenvalue weighted by Crippen LogP contribution is 2.27. The van der Waals surface area contributed by atoms with Gasteiger partial charge in [-0.1, -0.05) is 13.0 Å². The fourth-order valence-corrected chi connectivity index (χ4v) is 2.69. The Bertz CT molecular complexity index is 573. The molecule has 17 heavy (non-hydrogen) atoms. The fraction of sp³-hybridized carbons (Fsp3) is 0.357. The predicted octanol–water partition coefficient (Wildman–Crippen LogP) is 2.77. The van der Waals surface area contributed by atoms with E-state index in [-0.39, 0.29) is 1.43 Å². The first-order chi connectivity index (χ1) is 8.24. The Hall–Kier alpha value is -1.61. The average Bonchev–Trinajstić information content (AvgIpc) is 2.71. The number of likely N-dealkylation sites (N-methyl/N-ethyl adjacent to an activating group) is 1. The summed E-state index contributed by atoms with van der Waals surface area (Å²) in [4.78, 5) is 9.95. The van der Waals surface area contributed by atoms with Crippen molar-refractivity contribution >= 4 is 16.6 Å². The smallest absolute Gasteiger partial charge is 0.137 e. The molecule has 0 bridgehead atoms. The summed E-state index contributed by atoms with van der Waals surface area (Å²) in [6.07, 6.45) is 6.29. The lowest BCUT2D eigenvalue weighted by Gasteiger charge is -2.27. The molecular weight excluding hydrogens is 210 g/mol. The van der Waals surface area contributed by atoms with Crippen molar-refractivity contribution in [3.05, 3.63) is 36.2 Å². The summed E-state index contributed by atoms with van der Waals surface area (Å²) in [5.41, 5.74) is 3.68. The van der Waals surface area contributed by atoms with Crippen LogP contribution in [0.15, 0.2) is 30.6 Å². The SMILES string of the molecule is C[C@@H]1C=C(c2c[nH]c3ncccc23)CN(C)C1.[HH]. The zero-order chi connectivity index (χ0) is 11.8. The second-order valence-electron chi connectivity index (χ2n) is 4.97. The van der Waals surface area contributed by atoms with Crippen LogP contribution in [0.25, 0.3) is 16.6 Å². The first-order valence-corrected chi connectivity index (χ1v) is 6.06. The summed E-state index contributed by atoms with van der Waals surface area (Å²) in [6, 6.07) is 4.13. The minimum Gasteiger partial charge on any atom is -0.346 e. The van der Waals surface area contributed by atoms with E-state index in [1.807, 2.05) is 12.3 Å². The van der Waals surface area contributed by atoms with Crippen molar-refractivity contribution in [3.8, 4) is 0 Å². The maximum atomic E-state index is 4.34. The summed E-state index contributed by atoms with van der Waals surface area (Å²) in [6.45, 7) is 4.43. The van der Waals surface area contributed by atoms with Crippen LogP contribution in [0.2, 0.25) is 0 Å².